The number of piperidine rings is 1. The van der Waals surface area contributed by atoms with Gasteiger partial charge in [-0.2, -0.15) is 0 Å². The molecule has 5 heteroatoms. The van der Waals surface area contributed by atoms with Crippen LogP contribution < -0.4 is 0 Å². The fraction of sp³-hybridized carbons (Fsp3) is 0.316. The highest BCUT2D eigenvalue weighted by molar-refractivity contribution is 6.31. The van der Waals surface area contributed by atoms with Gasteiger partial charge in [0, 0.05) is 16.6 Å². The summed E-state index contributed by atoms with van der Waals surface area (Å²) in [6.07, 6.45) is 1.58. The first-order valence-corrected chi connectivity index (χ1v) is 8.78. The van der Waals surface area contributed by atoms with Gasteiger partial charge in [0.15, 0.2) is 0 Å². The smallest absolute Gasteiger partial charge is 0.307 e. The molecule has 1 heterocycles. The van der Waals surface area contributed by atoms with Gasteiger partial charge in [0.2, 0.25) is 0 Å². The molecule has 0 aromatic heterocycles. The highest BCUT2D eigenvalue weighted by atomic mass is 35.5. The molecule has 2 atom stereocenters. The van der Waals surface area contributed by atoms with Crippen molar-refractivity contribution in [2.75, 3.05) is 13.1 Å². The maximum atomic E-state index is 11.4. The van der Waals surface area contributed by atoms with Crippen molar-refractivity contribution in [3.05, 3.63) is 69.7 Å². The number of likely N-dealkylation sites (tertiary alicyclic amines) is 1. The molecule has 1 saturated heterocycles. The van der Waals surface area contributed by atoms with Gasteiger partial charge in [-0.05, 0) is 48.7 Å². The van der Waals surface area contributed by atoms with E-state index in [1.807, 2.05) is 48.5 Å². The minimum atomic E-state index is -0.733. The van der Waals surface area contributed by atoms with Crippen LogP contribution in [0, 0.1) is 5.92 Å². The summed E-state index contributed by atoms with van der Waals surface area (Å²) in [4.78, 5) is 13.6. The van der Waals surface area contributed by atoms with Crippen LogP contribution in [-0.4, -0.2) is 29.1 Å². The van der Waals surface area contributed by atoms with E-state index in [0.717, 1.165) is 30.5 Å². The predicted molar refractivity (Wildman–Crippen MR) is 96.7 cm³/mol. The lowest BCUT2D eigenvalue weighted by molar-refractivity contribution is -0.143. The molecular weight excluding hydrogens is 345 g/mol. The van der Waals surface area contributed by atoms with E-state index in [0.29, 0.717) is 16.6 Å². The zero-order chi connectivity index (χ0) is 17.1. The zero-order valence-corrected chi connectivity index (χ0v) is 14.7. The Bertz CT molecular complexity index is 735. The van der Waals surface area contributed by atoms with Crippen LogP contribution in [0.15, 0.2) is 48.5 Å². The van der Waals surface area contributed by atoms with E-state index in [1.54, 1.807) is 0 Å². The highest BCUT2D eigenvalue weighted by Gasteiger charge is 2.32. The molecule has 3 nitrogen and oxygen atoms in total. The third-order valence-corrected chi connectivity index (χ3v) is 5.11. The second-order valence-electron chi connectivity index (χ2n) is 6.15. The Kier molecular flexibility index (Phi) is 5.44. The summed E-state index contributed by atoms with van der Waals surface area (Å²) in [5.41, 5.74) is 2.01. The SMILES string of the molecule is O=C(O)C1CCCN(C(c2cccc(Cl)c2)c2ccccc2Cl)C1. The maximum absolute atomic E-state index is 11.4. The van der Waals surface area contributed by atoms with Crippen molar-refractivity contribution in [2.45, 2.75) is 18.9 Å². The van der Waals surface area contributed by atoms with Crippen molar-refractivity contribution in [1.82, 2.24) is 4.90 Å². The Balaban J connectivity index is 2.02. The van der Waals surface area contributed by atoms with Crippen LogP contribution >= 0.6 is 23.2 Å². The van der Waals surface area contributed by atoms with E-state index >= 15 is 0 Å². The summed E-state index contributed by atoms with van der Waals surface area (Å²) in [7, 11) is 0. The van der Waals surface area contributed by atoms with Crippen LogP contribution in [0.25, 0.3) is 0 Å². The number of hydrogen-bond acceptors (Lipinski definition) is 2. The lowest BCUT2D eigenvalue weighted by Crippen LogP contribution is -2.41. The Morgan fingerprint density at radius 1 is 1.17 bits per heavy atom. The number of rotatable bonds is 4. The molecule has 1 fully saturated rings. The average molecular weight is 364 g/mol. The fourth-order valence-electron chi connectivity index (χ4n) is 3.40. The van der Waals surface area contributed by atoms with E-state index in [1.165, 1.54) is 0 Å². The lowest BCUT2D eigenvalue weighted by atomic mass is 9.91. The summed E-state index contributed by atoms with van der Waals surface area (Å²) in [6, 6.07) is 15.3. The first-order valence-electron chi connectivity index (χ1n) is 8.03. The number of nitrogens with zero attached hydrogens (tertiary/aromatic N) is 1. The van der Waals surface area contributed by atoms with Gasteiger partial charge in [0.1, 0.15) is 0 Å². The van der Waals surface area contributed by atoms with E-state index < -0.39 is 5.97 Å². The van der Waals surface area contributed by atoms with Crippen LogP contribution in [0.1, 0.15) is 30.0 Å². The number of hydrogen-bond donors (Lipinski definition) is 1. The van der Waals surface area contributed by atoms with E-state index in [9.17, 15) is 9.90 Å². The molecule has 0 saturated carbocycles. The van der Waals surface area contributed by atoms with E-state index in [2.05, 4.69) is 4.90 Å². The largest absolute Gasteiger partial charge is 0.481 e. The topological polar surface area (TPSA) is 40.5 Å². The van der Waals surface area contributed by atoms with Gasteiger partial charge < -0.3 is 5.11 Å². The second kappa shape index (κ2) is 7.56. The van der Waals surface area contributed by atoms with Crippen molar-refractivity contribution >= 4 is 29.2 Å². The monoisotopic (exact) mass is 363 g/mol. The van der Waals surface area contributed by atoms with Gasteiger partial charge in [-0.15, -0.1) is 0 Å². The molecule has 0 amide bonds. The molecule has 1 N–H and O–H groups in total. The van der Waals surface area contributed by atoms with Gasteiger partial charge in [0.05, 0.1) is 12.0 Å². The van der Waals surface area contributed by atoms with E-state index in [-0.39, 0.29) is 12.0 Å². The minimum Gasteiger partial charge on any atom is -0.481 e. The molecule has 1 aliphatic rings. The molecule has 24 heavy (non-hydrogen) atoms. The standard InChI is InChI=1S/C19H19Cl2NO2/c20-15-7-3-5-13(11-15)18(16-8-1-2-9-17(16)21)22-10-4-6-14(12-22)19(23)24/h1-3,5,7-9,11,14,18H,4,6,10,12H2,(H,23,24). The first-order chi connectivity index (χ1) is 11.6. The van der Waals surface area contributed by atoms with Crippen molar-refractivity contribution in [3.8, 4) is 0 Å². The number of carboxylic acid groups (broad SMARTS) is 1. The first kappa shape index (κ1) is 17.3. The fourth-order valence-corrected chi connectivity index (χ4v) is 3.84. The van der Waals surface area contributed by atoms with Crippen LogP contribution in [0.5, 0.6) is 0 Å². The number of carboxylic acids is 1. The molecule has 126 valence electrons. The van der Waals surface area contributed by atoms with Crippen molar-refractivity contribution in [1.29, 1.82) is 0 Å². The molecule has 0 radical (unpaired) electrons. The Hall–Kier alpha value is -1.55. The molecule has 0 spiro atoms. The summed E-state index contributed by atoms with van der Waals surface area (Å²) < 4.78 is 0. The van der Waals surface area contributed by atoms with Crippen LogP contribution in [-0.2, 0) is 4.79 Å². The van der Waals surface area contributed by atoms with Crippen LogP contribution in [0.2, 0.25) is 10.0 Å². The Morgan fingerprint density at radius 3 is 2.67 bits per heavy atom. The van der Waals surface area contributed by atoms with Gasteiger partial charge in [0.25, 0.3) is 0 Å². The Labute approximate surface area is 151 Å². The van der Waals surface area contributed by atoms with Crippen molar-refractivity contribution in [3.63, 3.8) is 0 Å². The molecule has 2 aromatic rings. The molecule has 2 aromatic carbocycles. The average Bonchev–Trinajstić information content (AvgIpc) is 2.57. The predicted octanol–water partition coefficient (Wildman–Crippen LogP) is 4.88. The van der Waals surface area contributed by atoms with Crippen LogP contribution in [0.4, 0.5) is 0 Å². The van der Waals surface area contributed by atoms with Crippen molar-refractivity contribution in [2.24, 2.45) is 5.92 Å². The number of halogens is 2. The Morgan fingerprint density at radius 2 is 1.96 bits per heavy atom. The number of aliphatic carboxylic acids is 1. The summed E-state index contributed by atoms with van der Waals surface area (Å²) in [6.45, 7) is 1.35. The normalized spacial score (nSPS) is 19.8. The molecule has 0 bridgehead atoms. The number of benzene rings is 2. The molecular formula is C19H19Cl2NO2. The quantitative estimate of drug-likeness (QED) is 0.841. The minimum absolute atomic E-state index is 0.0976. The van der Waals surface area contributed by atoms with Gasteiger partial charge in [-0.25, -0.2) is 0 Å². The van der Waals surface area contributed by atoms with Crippen LogP contribution in [0.3, 0.4) is 0 Å². The molecule has 0 aliphatic carbocycles. The third kappa shape index (κ3) is 3.75. The van der Waals surface area contributed by atoms with Gasteiger partial charge >= 0.3 is 5.97 Å². The van der Waals surface area contributed by atoms with Gasteiger partial charge in [-0.1, -0.05) is 53.5 Å². The van der Waals surface area contributed by atoms with E-state index in [4.69, 9.17) is 23.2 Å². The maximum Gasteiger partial charge on any atom is 0.307 e. The summed E-state index contributed by atoms with van der Waals surface area (Å²) in [5.74, 6) is -1.08. The lowest BCUT2D eigenvalue weighted by Gasteiger charge is -2.38. The molecule has 2 unspecified atom stereocenters. The number of carbonyl (C=O) groups is 1. The summed E-state index contributed by atoms with van der Waals surface area (Å²) in [5, 5.41) is 10.7. The molecule has 1 aliphatic heterocycles. The highest BCUT2D eigenvalue weighted by Crippen LogP contribution is 2.36. The summed E-state index contributed by atoms with van der Waals surface area (Å²) >= 11 is 12.6. The molecule has 3 rings (SSSR count). The van der Waals surface area contributed by atoms with Gasteiger partial charge in [-0.3, -0.25) is 9.69 Å². The second-order valence-corrected chi connectivity index (χ2v) is 7.00. The van der Waals surface area contributed by atoms with Crippen molar-refractivity contribution < 1.29 is 9.90 Å². The zero-order valence-electron chi connectivity index (χ0n) is 13.2. The third-order valence-electron chi connectivity index (χ3n) is 4.53.